The highest BCUT2D eigenvalue weighted by atomic mass is 32.2. The van der Waals surface area contributed by atoms with Crippen LogP contribution in [0, 0.1) is 0 Å². The molecule has 19 heavy (non-hydrogen) atoms. The number of thioether (sulfide) groups is 1. The van der Waals surface area contributed by atoms with Crippen molar-refractivity contribution in [1.29, 1.82) is 0 Å². The third kappa shape index (κ3) is 3.20. The minimum absolute atomic E-state index is 0.568. The Labute approximate surface area is 119 Å². The Bertz CT molecular complexity index is 524. The maximum Gasteiger partial charge on any atom is 0.0427 e. The molecule has 0 spiro atoms. The predicted octanol–water partition coefficient (Wildman–Crippen LogP) is 3.81. The van der Waals surface area contributed by atoms with Crippen molar-refractivity contribution in [3.63, 3.8) is 0 Å². The second-order valence-corrected chi connectivity index (χ2v) is 6.13. The molecule has 1 heterocycles. The Morgan fingerprint density at radius 2 is 1.79 bits per heavy atom. The van der Waals surface area contributed by atoms with Crippen LogP contribution in [0.1, 0.15) is 21.9 Å². The van der Waals surface area contributed by atoms with E-state index in [4.69, 9.17) is 0 Å². The van der Waals surface area contributed by atoms with Gasteiger partial charge in [0, 0.05) is 17.5 Å². The summed E-state index contributed by atoms with van der Waals surface area (Å²) < 4.78 is 0. The molecule has 0 saturated carbocycles. The summed E-state index contributed by atoms with van der Waals surface area (Å²) in [4.78, 5) is 0. The van der Waals surface area contributed by atoms with Crippen LogP contribution in [-0.4, -0.2) is 13.1 Å². The highest BCUT2D eigenvalue weighted by Gasteiger charge is 2.18. The van der Waals surface area contributed by atoms with Gasteiger partial charge in [0.15, 0.2) is 0 Å². The summed E-state index contributed by atoms with van der Waals surface area (Å²) in [6.45, 7) is 2.17. The number of hydrogen-bond acceptors (Lipinski definition) is 2. The summed E-state index contributed by atoms with van der Waals surface area (Å²) in [5, 5.41) is 4.13. The van der Waals surface area contributed by atoms with Crippen LogP contribution in [0.2, 0.25) is 0 Å². The Balaban J connectivity index is 1.74. The standard InChI is InChI=1S/C17H19NS/c1-2-6-14(7-3-1)13-19-17-12-18-11-10-15-8-4-5-9-16(15)17/h1-9,17-18H,10-13H2. The lowest BCUT2D eigenvalue weighted by Crippen LogP contribution is -2.18. The van der Waals surface area contributed by atoms with E-state index in [2.05, 4.69) is 59.9 Å². The molecule has 1 aliphatic rings. The van der Waals surface area contributed by atoms with E-state index in [9.17, 15) is 0 Å². The topological polar surface area (TPSA) is 12.0 Å². The Kier molecular flexibility index (Phi) is 4.21. The summed E-state index contributed by atoms with van der Waals surface area (Å²) in [5.74, 6) is 1.08. The zero-order valence-corrected chi connectivity index (χ0v) is 11.8. The van der Waals surface area contributed by atoms with Gasteiger partial charge in [-0.2, -0.15) is 0 Å². The first-order chi connectivity index (χ1) is 9.43. The van der Waals surface area contributed by atoms with Crippen LogP contribution in [0.15, 0.2) is 54.6 Å². The van der Waals surface area contributed by atoms with E-state index in [1.54, 1.807) is 0 Å². The maximum absolute atomic E-state index is 3.56. The fourth-order valence-electron chi connectivity index (χ4n) is 2.56. The van der Waals surface area contributed by atoms with E-state index in [1.807, 2.05) is 11.8 Å². The molecule has 0 radical (unpaired) electrons. The van der Waals surface area contributed by atoms with E-state index < -0.39 is 0 Å². The van der Waals surface area contributed by atoms with E-state index in [0.717, 1.165) is 25.3 Å². The molecule has 2 aromatic rings. The van der Waals surface area contributed by atoms with E-state index in [1.165, 1.54) is 16.7 Å². The number of rotatable bonds is 3. The second-order valence-electron chi connectivity index (χ2n) is 4.94. The van der Waals surface area contributed by atoms with Gasteiger partial charge in [0.05, 0.1) is 0 Å². The van der Waals surface area contributed by atoms with Crippen LogP contribution in [0.5, 0.6) is 0 Å². The van der Waals surface area contributed by atoms with Crippen molar-refractivity contribution in [2.45, 2.75) is 17.4 Å². The van der Waals surface area contributed by atoms with Crippen molar-refractivity contribution < 1.29 is 0 Å². The molecule has 1 aliphatic heterocycles. The zero-order chi connectivity index (χ0) is 12.9. The van der Waals surface area contributed by atoms with Gasteiger partial charge in [0.2, 0.25) is 0 Å². The molecule has 2 heteroatoms. The Morgan fingerprint density at radius 1 is 1.00 bits per heavy atom. The van der Waals surface area contributed by atoms with Gasteiger partial charge in [-0.25, -0.2) is 0 Å². The number of hydrogen-bond donors (Lipinski definition) is 1. The zero-order valence-electron chi connectivity index (χ0n) is 11.0. The predicted molar refractivity (Wildman–Crippen MR) is 83.5 cm³/mol. The molecule has 0 bridgehead atoms. The van der Waals surface area contributed by atoms with Crippen molar-refractivity contribution in [2.75, 3.05) is 13.1 Å². The molecule has 0 aliphatic carbocycles. The molecule has 0 aromatic heterocycles. The lowest BCUT2D eigenvalue weighted by atomic mass is 10.0. The van der Waals surface area contributed by atoms with Crippen LogP contribution in [0.25, 0.3) is 0 Å². The van der Waals surface area contributed by atoms with E-state index in [-0.39, 0.29) is 0 Å². The van der Waals surface area contributed by atoms with Gasteiger partial charge in [-0.1, -0.05) is 54.6 Å². The summed E-state index contributed by atoms with van der Waals surface area (Å²) in [5.41, 5.74) is 4.45. The molecule has 0 saturated heterocycles. The lowest BCUT2D eigenvalue weighted by molar-refractivity contribution is 0.704. The normalized spacial score (nSPS) is 18.6. The summed E-state index contributed by atoms with van der Waals surface area (Å²) >= 11 is 2.04. The van der Waals surface area contributed by atoms with Crippen molar-refractivity contribution in [3.8, 4) is 0 Å². The van der Waals surface area contributed by atoms with Gasteiger partial charge in [-0.15, -0.1) is 11.8 Å². The first-order valence-electron chi connectivity index (χ1n) is 6.87. The highest BCUT2D eigenvalue weighted by Crippen LogP contribution is 2.34. The maximum atomic E-state index is 3.56. The number of nitrogens with one attached hydrogen (secondary N) is 1. The SMILES string of the molecule is c1ccc(CSC2CNCCc3ccccc32)cc1. The number of benzene rings is 2. The van der Waals surface area contributed by atoms with Gasteiger partial charge in [0.1, 0.15) is 0 Å². The third-order valence-corrected chi connectivity index (χ3v) is 4.92. The van der Waals surface area contributed by atoms with E-state index >= 15 is 0 Å². The summed E-state index contributed by atoms with van der Waals surface area (Å²) in [7, 11) is 0. The van der Waals surface area contributed by atoms with Gasteiger partial charge >= 0.3 is 0 Å². The molecule has 3 rings (SSSR count). The molecule has 2 aromatic carbocycles. The van der Waals surface area contributed by atoms with Crippen LogP contribution >= 0.6 is 11.8 Å². The summed E-state index contributed by atoms with van der Waals surface area (Å²) in [6.07, 6.45) is 1.15. The lowest BCUT2D eigenvalue weighted by Gasteiger charge is -2.17. The third-order valence-electron chi connectivity index (χ3n) is 3.60. The van der Waals surface area contributed by atoms with Crippen LogP contribution < -0.4 is 5.32 Å². The molecule has 1 nitrogen and oxygen atoms in total. The van der Waals surface area contributed by atoms with Gasteiger partial charge < -0.3 is 5.32 Å². The van der Waals surface area contributed by atoms with Gasteiger partial charge in [-0.3, -0.25) is 0 Å². The van der Waals surface area contributed by atoms with E-state index in [0.29, 0.717) is 5.25 Å². The number of fused-ring (bicyclic) bond motifs is 1. The van der Waals surface area contributed by atoms with Crippen LogP contribution in [-0.2, 0) is 12.2 Å². The molecule has 1 unspecified atom stereocenters. The largest absolute Gasteiger partial charge is 0.315 e. The minimum atomic E-state index is 0.568. The van der Waals surface area contributed by atoms with Crippen molar-refractivity contribution in [2.24, 2.45) is 0 Å². The van der Waals surface area contributed by atoms with Crippen LogP contribution in [0.3, 0.4) is 0 Å². The molecule has 1 N–H and O–H groups in total. The average molecular weight is 269 g/mol. The van der Waals surface area contributed by atoms with Gasteiger partial charge in [0.25, 0.3) is 0 Å². The van der Waals surface area contributed by atoms with Crippen LogP contribution in [0.4, 0.5) is 0 Å². The molecule has 1 atom stereocenters. The van der Waals surface area contributed by atoms with Crippen molar-refractivity contribution in [3.05, 3.63) is 71.3 Å². The highest BCUT2D eigenvalue weighted by molar-refractivity contribution is 7.98. The average Bonchev–Trinajstić information content (AvgIpc) is 2.68. The molecular formula is C17H19NS. The minimum Gasteiger partial charge on any atom is -0.315 e. The Morgan fingerprint density at radius 3 is 2.68 bits per heavy atom. The molecular weight excluding hydrogens is 250 g/mol. The second kappa shape index (κ2) is 6.27. The van der Waals surface area contributed by atoms with Crippen molar-refractivity contribution in [1.82, 2.24) is 5.32 Å². The summed E-state index contributed by atoms with van der Waals surface area (Å²) in [6, 6.07) is 19.6. The Hall–Kier alpha value is -1.25. The smallest absolute Gasteiger partial charge is 0.0427 e. The molecule has 98 valence electrons. The quantitative estimate of drug-likeness (QED) is 0.909. The monoisotopic (exact) mass is 269 g/mol. The van der Waals surface area contributed by atoms with Crippen molar-refractivity contribution >= 4 is 11.8 Å². The first kappa shape index (κ1) is 12.8. The first-order valence-corrected chi connectivity index (χ1v) is 7.92. The van der Waals surface area contributed by atoms with Gasteiger partial charge in [-0.05, 0) is 29.7 Å². The molecule has 0 amide bonds. The molecule has 0 fully saturated rings. The fourth-order valence-corrected chi connectivity index (χ4v) is 3.79. The fraction of sp³-hybridized carbons (Fsp3) is 0.294.